The average Bonchev–Trinajstić information content (AvgIpc) is 3.60. The molecule has 0 saturated heterocycles. The van der Waals surface area contributed by atoms with Crippen LogP contribution in [-0.2, 0) is 19.8 Å². The Morgan fingerprint density at radius 2 is 1.95 bits per heavy atom. The zero-order valence-electron chi connectivity index (χ0n) is 19.1. The summed E-state index contributed by atoms with van der Waals surface area (Å²) in [7, 11) is 1.81. The topological polar surface area (TPSA) is 97.5 Å². The van der Waals surface area contributed by atoms with Gasteiger partial charge in [0.2, 0.25) is 0 Å². The molecule has 0 aliphatic heterocycles. The molecule has 0 atom stereocenters. The summed E-state index contributed by atoms with van der Waals surface area (Å²) in [6, 6.07) is 9.58. The number of aromatic nitrogens is 6. The molecule has 0 fully saturated rings. The molecule has 0 aliphatic rings. The third kappa shape index (κ3) is 4.15. The number of benzene rings is 2. The Hall–Kier alpha value is -4.74. The van der Waals surface area contributed by atoms with Crippen LogP contribution in [0.2, 0.25) is 0 Å². The van der Waals surface area contributed by atoms with Crippen molar-refractivity contribution in [2.24, 2.45) is 7.05 Å². The third-order valence-corrected chi connectivity index (χ3v) is 5.98. The van der Waals surface area contributed by atoms with Gasteiger partial charge in [0.05, 0.1) is 28.2 Å². The number of hydrogen-bond acceptors (Lipinski definition) is 6. The number of aromatic amines is 1. The maximum Gasteiger partial charge on any atom is 0.416 e. The summed E-state index contributed by atoms with van der Waals surface area (Å²) >= 11 is 0. The van der Waals surface area contributed by atoms with E-state index in [0.717, 1.165) is 17.7 Å². The van der Waals surface area contributed by atoms with Crippen molar-refractivity contribution in [2.45, 2.75) is 12.7 Å². The minimum absolute atomic E-state index is 0.00897. The third-order valence-electron chi connectivity index (χ3n) is 5.98. The van der Waals surface area contributed by atoms with Gasteiger partial charge in [-0.05, 0) is 35.9 Å². The SMILES string of the molecule is Cn1cc(-c2nc3nccc(-c4ccc(CNc5noc6ccc(C(F)(F)F)cc56)c(F)c4)c3[nH]2)cn1. The Kier molecular flexibility index (Phi) is 5.18. The number of nitrogens with one attached hydrogen (secondary N) is 2. The second kappa shape index (κ2) is 8.43. The fourth-order valence-corrected chi connectivity index (χ4v) is 4.11. The Morgan fingerprint density at radius 3 is 2.70 bits per heavy atom. The Bertz CT molecular complexity index is 1770. The molecule has 2 N–H and O–H groups in total. The highest BCUT2D eigenvalue weighted by atomic mass is 19.4. The first-order valence-electron chi connectivity index (χ1n) is 11.1. The number of aryl methyl sites for hydroxylation is 1. The maximum absolute atomic E-state index is 15.1. The number of alkyl halides is 3. The van der Waals surface area contributed by atoms with Gasteiger partial charge in [0.1, 0.15) is 11.6 Å². The second-order valence-corrected chi connectivity index (χ2v) is 8.44. The van der Waals surface area contributed by atoms with Crippen molar-refractivity contribution in [2.75, 3.05) is 5.32 Å². The van der Waals surface area contributed by atoms with Gasteiger partial charge in [-0.3, -0.25) is 4.68 Å². The van der Waals surface area contributed by atoms with Crippen LogP contribution in [0.4, 0.5) is 23.4 Å². The van der Waals surface area contributed by atoms with Gasteiger partial charge in [-0.2, -0.15) is 18.3 Å². The van der Waals surface area contributed by atoms with Gasteiger partial charge in [0, 0.05) is 37.1 Å². The van der Waals surface area contributed by atoms with Gasteiger partial charge in [-0.1, -0.05) is 17.3 Å². The first-order chi connectivity index (χ1) is 17.8. The zero-order valence-corrected chi connectivity index (χ0v) is 19.1. The Labute approximate surface area is 205 Å². The fraction of sp³-hybridized carbons (Fsp3) is 0.120. The number of pyridine rings is 1. The van der Waals surface area contributed by atoms with Crippen molar-refractivity contribution < 1.29 is 22.1 Å². The lowest BCUT2D eigenvalue weighted by Gasteiger charge is -2.09. The molecule has 0 spiro atoms. The highest BCUT2D eigenvalue weighted by Gasteiger charge is 2.31. The van der Waals surface area contributed by atoms with Crippen molar-refractivity contribution in [3.8, 4) is 22.5 Å². The average molecular weight is 507 g/mol. The van der Waals surface area contributed by atoms with E-state index in [9.17, 15) is 13.2 Å². The summed E-state index contributed by atoms with van der Waals surface area (Å²) in [5.74, 6) is 0.199. The van der Waals surface area contributed by atoms with Crippen LogP contribution in [0.3, 0.4) is 0 Å². The second-order valence-electron chi connectivity index (χ2n) is 8.44. The van der Waals surface area contributed by atoms with E-state index in [4.69, 9.17) is 4.52 Å². The molecule has 6 rings (SSSR count). The molecule has 0 radical (unpaired) electrons. The summed E-state index contributed by atoms with van der Waals surface area (Å²) < 4.78 is 61.1. The smallest absolute Gasteiger partial charge is 0.363 e. The van der Waals surface area contributed by atoms with Crippen LogP contribution in [-0.4, -0.2) is 29.9 Å². The molecule has 12 heteroatoms. The Balaban J connectivity index is 1.27. The monoisotopic (exact) mass is 507 g/mol. The van der Waals surface area contributed by atoms with Crippen LogP contribution >= 0.6 is 0 Å². The van der Waals surface area contributed by atoms with Gasteiger partial charge in [0.25, 0.3) is 0 Å². The first kappa shape index (κ1) is 22.7. The molecule has 8 nitrogen and oxygen atoms in total. The molecule has 6 aromatic rings. The van der Waals surface area contributed by atoms with Crippen LogP contribution in [0, 0.1) is 5.82 Å². The van der Waals surface area contributed by atoms with Crippen LogP contribution < -0.4 is 5.32 Å². The standard InChI is InChI=1S/C25H17F4N7O/c1-36-12-15(11-32-36)22-33-21-17(6-7-30-24(21)34-22)13-2-3-14(19(26)8-13)10-31-23-18-9-16(25(27,28)29)4-5-20(18)37-35-23/h2-9,11-12H,10H2,1H3,(H,31,35)(H,30,33,34). The largest absolute Gasteiger partial charge is 0.416 e. The quantitative estimate of drug-likeness (QED) is 0.281. The summed E-state index contributed by atoms with van der Waals surface area (Å²) in [6.45, 7) is -0.00897. The van der Waals surface area contributed by atoms with Crippen LogP contribution in [0.5, 0.6) is 0 Å². The normalized spacial score (nSPS) is 12.0. The van der Waals surface area contributed by atoms with Crippen molar-refractivity contribution in [1.82, 2.24) is 29.9 Å². The van der Waals surface area contributed by atoms with Crippen molar-refractivity contribution in [3.05, 3.63) is 78.0 Å². The van der Waals surface area contributed by atoms with E-state index >= 15 is 4.39 Å². The molecular weight excluding hydrogens is 490 g/mol. The highest BCUT2D eigenvalue weighted by molar-refractivity contribution is 5.91. The van der Waals surface area contributed by atoms with Gasteiger partial charge >= 0.3 is 6.18 Å². The van der Waals surface area contributed by atoms with Crippen LogP contribution in [0.1, 0.15) is 11.1 Å². The minimum atomic E-state index is -4.50. The van der Waals surface area contributed by atoms with E-state index in [0.29, 0.717) is 33.7 Å². The molecule has 37 heavy (non-hydrogen) atoms. The number of anilines is 1. The number of imidazole rings is 1. The first-order valence-corrected chi connectivity index (χ1v) is 11.1. The summed E-state index contributed by atoms with van der Waals surface area (Å²) in [5.41, 5.74) is 2.93. The molecular formula is C25H17F4N7O. The van der Waals surface area contributed by atoms with Crippen LogP contribution in [0.25, 0.3) is 44.6 Å². The number of rotatable bonds is 5. The molecule has 2 aromatic carbocycles. The number of fused-ring (bicyclic) bond motifs is 2. The number of hydrogen-bond donors (Lipinski definition) is 2. The lowest BCUT2D eigenvalue weighted by atomic mass is 10.0. The molecule has 0 amide bonds. The molecule has 4 heterocycles. The number of nitrogens with zero attached hydrogens (tertiary/aromatic N) is 5. The van der Waals surface area contributed by atoms with Crippen molar-refractivity contribution >= 4 is 28.0 Å². The molecule has 4 aromatic heterocycles. The summed E-state index contributed by atoms with van der Waals surface area (Å²) in [4.78, 5) is 12.1. The maximum atomic E-state index is 15.1. The predicted molar refractivity (Wildman–Crippen MR) is 128 cm³/mol. The van der Waals surface area contributed by atoms with E-state index in [2.05, 4.69) is 30.5 Å². The van der Waals surface area contributed by atoms with E-state index in [-0.39, 0.29) is 23.3 Å². The summed E-state index contributed by atoms with van der Waals surface area (Å²) in [5, 5.41) is 11.0. The van der Waals surface area contributed by atoms with E-state index in [1.54, 1.807) is 42.3 Å². The lowest BCUT2D eigenvalue weighted by Crippen LogP contribution is -2.05. The van der Waals surface area contributed by atoms with E-state index < -0.39 is 17.6 Å². The van der Waals surface area contributed by atoms with Crippen molar-refractivity contribution in [1.29, 1.82) is 0 Å². The summed E-state index contributed by atoms with van der Waals surface area (Å²) in [6.07, 6.45) is 0.599. The van der Waals surface area contributed by atoms with Crippen molar-refractivity contribution in [3.63, 3.8) is 0 Å². The Morgan fingerprint density at radius 1 is 1.08 bits per heavy atom. The molecule has 186 valence electrons. The highest BCUT2D eigenvalue weighted by Crippen LogP contribution is 2.34. The van der Waals surface area contributed by atoms with Crippen LogP contribution in [0.15, 0.2) is 65.6 Å². The fourth-order valence-electron chi connectivity index (χ4n) is 4.11. The van der Waals surface area contributed by atoms with E-state index in [1.165, 1.54) is 12.1 Å². The molecule has 0 unspecified atom stereocenters. The van der Waals surface area contributed by atoms with Gasteiger partial charge in [-0.25, -0.2) is 14.4 Å². The predicted octanol–water partition coefficient (Wildman–Crippen LogP) is 5.94. The van der Waals surface area contributed by atoms with Gasteiger partial charge in [-0.15, -0.1) is 0 Å². The number of H-pyrrole nitrogens is 1. The molecule has 0 bridgehead atoms. The molecule has 0 saturated carbocycles. The lowest BCUT2D eigenvalue weighted by molar-refractivity contribution is -0.137. The minimum Gasteiger partial charge on any atom is -0.363 e. The van der Waals surface area contributed by atoms with Gasteiger partial charge in [0.15, 0.2) is 17.0 Å². The van der Waals surface area contributed by atoms with E-state index in [1.807, 2.05) is 6.20 Å². The molecule has 0 aliphatic carbocycles. The van der Waals surface area contributed by atoms with Gasteiger partial charge < -0.3 is 14.8 Å². The zero-order chi connectivity index (χ0) is 25.7. The number of halogens is 4.